The quantitative estimate of drug-likeness (QED) is 0.846. The molecule has 0 saturated heterocycles. The molecule has 0 aliphatic heterocycles. The maximum atomic E-state index is 4.34. The Morgan fingerprint density at radius 1 is 1.17 bits per heavy atom. The third kappa shape index (κ3) is 3.20. The van der Waals surface area contributed by atoms with Gasteiger partial charge in [-0.3, -0.25) is 4.98 Å². The fraction of sp³-hybridized carbons (Fsp3) is 0.286. The number of hydrogen-bond donors (Lipinski definition) is 2. The molecule has 0 radical (unpaired) electrons. The molecule has 0 saturated carbocycles. The zero-order valence-corrected chi connectivity index (χ0v) is 10.7. The summed E-state index contributed by atoms with van der Waals surface area (Å²) < 4.78 is 0. The fourth-order valence-corrected chi connectivity index (χ4v) is 1.75. The molecule has 1 unspecified atom stereocenters. The number of aromatic nitrogens is 2. The summed E-state index contributed by atoms with van der Waals surface area (Å²) in [6.07, 6.45) is 3.61. The van der Waals surface area contributed by atoms with E-state index in [2.05, 4.69) is 34.4 Å². The monoisotopic (exact) mass is 242 g/mol. The first-order valence-electron chi connectivity index (χ1n) is 6.17. The predicted molar refractivity (Wildman–Crippen MR) is 74.7 cm³/mol. The van der Waals surface area contributed by atoms with E-state index in [0.717, 1.165) is 23.7 Å². The molecular weight excluding hydrogens is 224 g/mol. The average molecular weight is 242 g/mol. The molecule has 0 amide bonds. The molecule has 0 fully saturated rings. The van der Waals surface area contributed by atoms with Gasteiger partial charge in [0.1, 0.15) is 5.82 Å². The Kier molecular flexibility index (Phi) is 4.12. The van der Waals surface area contributed by atoms with Gasteiger partial charge < -0.3 is 10.6 Å². The van der Waals surface area contributed by atoms with Crippen LogP contribution in [0.4, 0.5) is 11.5 Å². The molecule has 2 heterocycles. The molecule has 4 heteroatoms. The van der Waals surface area contributed by atoms with Crippen molar-refractivity contribution in [2.75, 3.05) is 17.2 Å². The molecule has 2 N–H and O–H groups in total. The highest BCUT2D eigenvalue weighted by atomic mass is 15.0. The molecule has 2 aromatic heterocycles. The Morgan fingerprint density at radius 3 is 2.78 bits per heavy atom. The van der Waals surface area contributed by atoms with Crippen LogP contribution in [-0.2, 0) is 0 Å². The summed E-state index contributed by atoms with van der Waals surface area (Å²) >= 11 is 0. The second kappa shape index (κ2) is 6.00. The molecule has 4 nitrogen and oxygen atoms in total. The Balaban J connectivity index is 2.07. The first-order valence-corrected chi connectivity index (χ1v) is 6.17. The minimum absolute atomic E-state index is 0.170. The third-order valence-corrected chi connectivity index (χ3v) is 2.63. The van der Waals surface area contributed by atoms with Crippen LogP contribution in [0.2, 0.25) is 0 Å². The van der Waals surface area contributed by atoms with Crippen molar-refractivity contribution < 1.29 is 0 Å². The topological polar surface area (TPSA) is 49.8 Å². The summed E-state index contributed by atoms with van der Waals surface area (Å²) in [5.41, 5.74) is 2.07. The van der Waals surface area contributed by atoms with Crippen molar-refractivity contribution in [3.05, 3.63) is 48.4 Å². The Morgan fingerprint density at radius 2 is 2.06 bits per heavy atom. The molecule has 0 aliphatic carbocycles. The van der Waals surface area contributed by atoms with Crippen LogP contribution in [0.25, 0.3) is 0 Å². The van der Waals surface area contributed by atoms with E-state index in [1.54, 1.807) is 6.20 Å². The summed E-state index contributed by atoms with van der Waals surface area (Å²) in [7, 11) is 0. The van der Waals surface area contributed by atoms with Crippen LogP contribution < -0.4 is 10.6 Å². The number of anilines is 2. The minimum atomic E-state index is 0.170. The first-order chi connectivity index (χ1) is 8.79. The molecule has 1 atom stereocenters. The van der Waals surface area contributed by atoms with E-state index in [0.29, 0.717) is 0 Å². The molecular formula is C14H18N4. The largest absolute Gasteiger partial charge is 0.377 e. The molecule has 2 aromatic rings. The minimum Gasteiger partial charge on any atom is -0.377 e. The summed E-state index contributed by atoms with van der Waals surface area (Å²) in [6.45, 7) is 5.01. The van der Waals surface area contributed by atoms with Crippen molar-refractivity contribution >= 4 is 11.5 Å². The van der Waals surface area contributed by atoms with Crippen molar-refractivity contribution in [2.24, 2.45) is 0 Å². The van der Waals surface area contributed by atoms with Crippen molar-refractivity contribution in [2.45, 2.75) is 19.9 Å². The highest BCUT2D eigenvalue weighted by molar-refractivity contribution is 5.52. The number of nitrogens with zero attached hydrogens (tertiary/aromatic N) is 2. The van der Waals surface area contributed by atoms with E-state index < -0.39 is 0 Å². The molecule has 18 heavy (non-hydrogen) atoms. The van der Waals surface area contributed by atoms with Crippen LogP contribution in [0.1, 0.15) is 25.6 Å². The van der Waals surface area contributed by atoms with Gasteiger partial charge in [0.15, 0.2) is 0 Å². The van der Waals surface area contributed by atoms with Gasteiger partial charge in [-0.05, 0) is 32.0 Å². The van der Waals surface area contributed by atoms with E-state index in [9.17, 15) is 0 Å². The summed E-state index contributed by atoms with van der Waals surface area (Å²) in [5, 5.41) is 6.61. The first kappa shape index (κ1) is 12.4. The lowest BCUT2D eigenvalue weighted by molar-refractivity contribution is 0.839. The Bertz CT molecular complexity index is 484. The zero-order valence-electron chi connectivity index (χ0n) is 10.7. The maximum Gasteiger partial charge on any atom is 0.127 e. The highest BCUT2D eigenvalue weighted by Crippen LogP contribution is 2.18. The van der Waals surface area contributed by atoms with Gasteiger partial charge in [0.05, 0.1) is 11.7 Å². The SMILES string of the molecule is CCNc1cc(NC(C)c2ccccn2)ccn1. The van der Waals surface area contributed by atoms with E-state index in [-0.39, 0.29) is 6.04 Å². The normalized spacial score (nSPS) is 11.9. The summed E-state index contributed by atoms with van der Waals surface area (Å²) in [6, 6.07) is 10.1. The smallest absolute Gasteiger partial charge is 0.127 e. The Labute approximate surface area is 107 Å². The van der Waals surface area contributed by atoms with Crippen LogP contribution in [0.15, 0.2) is 42.7 Å². The van der Waals surface area contributed by atoms with Crippen molar-refractivity contribution in [1.29, 1.82) is 0 Å². The van der Waals surface area contributed by atoms with Crippen LogP contribution in [-0.4, -0.2) is 16.5 Å². The van der Waals surface area contributed by atoms with Gasteiger partial charge in [-0.2, -0.15) is 0 Å². The van der Waals surface area contributed by atoms with E-state index in [1.807, 2.05) is 36.5 Å². The lowest BCUT2D eigenvalue weighted by Gasteiger charge is -2.15. The second-order valence-corrected chi connectivity index (χ2v) is 4.08. The second-order valence-electron chi connectivity index (χ2n) is 4.08. The van der Waals surface area contributed by atoms with E-state index in [1.165, 1.54) is 0 Å². The van der Waals surface area contributed by atoms with Crippen LogP contribution in [0, 0.1) is 0 Å². The van der Waals surface area contributed by atoms with Gasteiger partial charge in [0.2, 0.25) is 0 Å². The average Bonchev–Trinajstić information content (AvgIpc) is 2.40. The third-order valence-electron chi connectivity index (χ3n) is 2.63. The zero-order chi connectivity index (χ0) is 12.8. The van der Waals surface area contributed by atoms with Crippen molar-refractivity contribution in [1.82, 2.24) is 9.97 Å². The number of hydrogen-bond acceptors (Lipinski definition) is 4. The van der Waals surface area contributed by atoms with Crippen molar-refractivity contribution in [3.8, 4) is 0 Å². The Hall–Kier alpha value is -2.10. The van der Waals surface area contributed by atoms with Crippen molar-refractivity contribution in [3.63, 3.8) is 0 Å². The number of pyridine rings is 2. The highest BCUT2D eigenvalue weighted by Gasteiger charge is 2.06. The summed E-state index contributed by atoms with van der Waals surface area (Å²) in [5.74, 6) is 0.885. The molecule has 0 spiro atoms. The van der Waals surface area contributed by atoms with E-state index >= 15 is 0 Å². The summed E-state index contributed by atoms with van der Waals surface area (Å²) in [4.78, 5) is 8.58. The van der Waals surface area contributed by atoms with Gasteiger partial charge >= 0.3 is 0 Å². The van der Waals surface area contributed by atoms with Crippen LogP contribution in [0.3, 0.4) is 0 Å². The van der Waals surface area contributed by atoms with Crippen LogP contribution in [0.5, 0.6) is 0 Å². The van der Waals surface area contributed by atoms with Gasteiger partial charge in [0, 0.05) is 30.7 Å². The molecule has 94 valence electrons. The standard InChI is InChI=1S/C14H18N4/c1-3-15-14-10-12(7-9-17-14)18-11(2)13-6-4-5-8-16-13/h4-11H,3H2,1-2H3,(H2,15,17,18). The van der Waals surface area contributed by atoms with Gasteiger partial charge in [-0.15, -0.1) is 0 Å². The molecule has 0 aliphatic rings. The lowest BCUT2D eigenvalue weighted by Crippen LogP contribution is -2.08. The predicted octanol–water partition coefficient (Wildman–Crippen LogP) is 3.08. The maximum absolute atomic E-state index is 4.34. The van der Waals surface area contributed by atoms with Gasteiger partial charge in [0.25, 0.3) is 0 Å². The molecule has 0 bridgehead atoms. The lowest BCUT2D eigenvalue weighted by atomic mass is 10.2. The number of nitrogens with one attached hydrogen (secondary N) is 2. The molecule has 0 aromatic carbocycles. The number of rotatable bonds is 5. The van der Waals surface area contributed by atoms with Crippen LogP contribution >= 0.6 is 0 Å². The van der Waals surface area contributed by atoms with Gasteiger partial charge in [-0.25, -0.2) is 4.98 Å². The fourth-order valence-electron chi connectivity index (χ4n) is 1.75. The van der Waals surface area contributed by atoms with Gasteiger partial charge in [-0.1, -0.05) is 6.07 Å². The van der Waals surface area contributed by atoms with E-state index in [4.69, 9.17) is 0 Å². The molecule has 2 rings (SSSR count).